The minimum absolute atomic E-state index is 0.129. The molecule has 0 radical (unpaired) electrons. The van der Waals surface area contributed by atoms with Gasteiger partial charge in [-0.3, -0.25) is 4.79 Å². The van der Waals surface area contributed by atoms with Crippen LogP contribution in [0.4, 0.5) is 5.69 Å². The highest BCUT2D eigenvalue weighted by atomic mass is 32.2. The van der Waals surface area contributed by atoms with E-state index in [0.29, 0.717) is 18.8 Å². The number of carbonyl (C=O) groups is 1. The van der Waals surface area contributed by atoms with Crippen LogP contribution in [0.5, 0.6) is 0 Å². The quantitative estimate of drug-likeness (QED) is 0.703. The molecule has 29 heavy (non-hydrogen) atoms. The minimum Gasteiger partial charge on any atom is -0.325 e. The van der Waals surface area contributed by atoms with Crippen molar-refractivity contribution in [3.05, 3.63) is 59.7 Å². The largest absolute Gasteiger partial charge is 0.325 e. The van der Waals surface area contributed by atoms with Crippen molar-refractivity contribution in [3.63, 3.8) is 0 Å². The molecule has 1 saturated heterocycles. The number of amides is 1. The van der Waals surface area contributed by atoms with Crippen LogP contribution in [0, 0.1) is 6.92 Å². The van der Waals surface area contributed by atoms with Gasteiger partial charge in [0.25, 0.3) is 0 Å². The molecular formula is C22H28N2O3S2. The number of hydrogen-bond donors (Lipinski definition) is 1. The SMILES string of the molecule is Cc1ccccc1CSC(C)C(=O)Nc1cccc(S(=O)(=O)N2CCCCC2)c1. The molecule has 0 aromatic heterocycles. The van der Waals surface area contributed by atoms with Crippen LogP contribution < -0.4 is 5.32 Å². The standard InChI is InChI=1S/C22H28N2O3S2/c1-17-9-4-5-10-19(17)16-28-18(2)22(25)23-20-11-8-12-21(15-20)29(26,27)24-13-6-3-7-14-24/h4-5,8-12,15,18H,3,6-7,13-14,16H2,1-2H3,(H,23,25). The summed E-state index contributed by atoms with van der Waals surface area (Å²) in [6.07, 6.45) is 2.86. The van der Waals surface area contributed by atoms with Gasteiger partial charge >= 0.3 is 0 Å². The fourth-order valence-corrected chi connectivity index (χ4v) is 5.82. The summed E-state index contributed by atoms with van der Waals surface area (Å²) in [6, 6.07) is 14.7. The van der Waals surface area contributed by atoms with Crippen LogP contribution in [0.25, 0.3) is 0 Å². The van der Waals surface area contributed by atoms with E-state index in [1.165, 1.54) is 15.4 Å². The summed E-state index contributed by atoms with van der Waals surface area (Å²) in [4.78, 5) is 12.8. The summed E-state index contributed by atoms with van der Waals surface area (Å²) in [6.45, 7) is 5.05. The lowest BCUT2D eigenvalue weighted by atomic mass is 10.1. The molecule has 1 N–H and O–H groups in total. The zero-order valence-electron chi connectivity index (χ0n) is 16.9. The van der Waals surface area contributed by atoms with Gasteiger partial charge in [0.05, 0.1) is 10.1 Å². The lowest BCUT2D eigenvalue weighted by Gasteiger charge is -2.26. The van der Waals surface area contributed by atoms with E-state index in [4.69, 9.17) is 0 Å². The number of benzene rings is 2. The second kappa shape index (κ2) is 9.78. The monoisotopic (exact) mass is 432 g/mol. The maximum Gasteiger partial charge on any atom is 0.243 e. The Kier molecular flexibility index (Phi) is 7.38. The smallest absolute Gasteiger partial charge is 0.243 e. The second-order valence-corrected chi connectivity index (χ2v) is 10.6. The molecule has 1 unspecified atom stereocenters. The average Bonchev–Trinajstić information content (AvgIpc) is 2.73. The number of anilines is 1. The third-order valence-electron chi connectivity index (χ3n) is 5.17. The number of piperidine rings is 1. The summed E-state index contributed by atoms with van der Waals surface area (Å²) < 4.78 is 27.3. The number of aryl methyl sites for hydroxylation is 1. The highest BCUT2D eigenvalue weighted by molar-refractivity contribution is 7.99. The Bertz CT molecular complexity index is 954. The van der Waals surface area contributed by atoms with Crippen molar-refractivity contribution in [2.45, 2.75) is 49.0 Å². The molecule has 2 aromatic rings. The molecule has 7 heteroatoms. The van der Waals surface area contributed by atoms with Gasteiger partial charge in [-0.1, -0.05) is 36.8 Å². The van der Waals surface area contributed by atoms with Crippen molar-refractivity contribution in [3.8, 4) is 0 Å². The lowest BCUT2D eigenvalue weighted by Crippen LogP contribution is -2.35. The Balaban J connectivity index is 1.63. The van der Waals surface area contributed by atoms with E-state index < -0.39 is 10.0 Å². The molecule has 0 spiro atoms. The number of nitrogens with zero attached hydrogens (tertiary/aromatic N) is 1. The third kappa shape index (κ3) is 5.62. The predicted octanol–water partition coefficient (Wildman–Crippen LogP) is 4.43. The van der Waals surface area contributed by atoms with E-state index in [0.717, 1.165) is 25.0 Å². The van der Waals surface area contributed by atoms with Crippen molar-refractivity contribution < 1.29 is 13.2 Å². The molecule has 1 aliphatic rings. The lowest BCUT2D eigenvalue weighted by molar-refractivity contribution is -0.115. The molecule has 1 atom stereocenters. The molecule has 1 aliphatic heterocycles. The van der Waals surface area contributed by atoms with Crippen LogP contribution in [0.15, 0.2) is 53.4 Å². The number of nitrogens with one attached hydrogen (secondary N) is 1. The van der Waals surface area contributed by atoms with Crippen molar-refractivity contribution in [2.75, 3.05) is 18.4 Å². The molecule has 0 bridgehead atoms. The van der Waals surface area contributed by atoms with E-state index in [9.17, 15) is 13.2 Å². The third-order valence-corrected chi connectivity index (χ3v) is 8.26. The van der Waals surface area contributed by atoms with Crippen molar-refractivity contribution >= 4 is 33.4 Å². The van der Waals surface area contributed by atoms with Gasteiger partial charge in [0.15, 0.2) is 0 Å². The van der Waals surface area contributed by atoms with Gasteiger partial charge in [-0.2, -0.15) is 4.31 Å². The number of thioether (sulfide) groups is 1. The van der Waals surface area contributed by atoms with Crippen LogP contribution in [0.3, 0.4) is 0 Å². The van der Waals surface area contributed by atoms with Gasteiger partial charge in [-0.15, -0.1) is 11.8 Å². The highest BCUT2D eigenvalue weighted by Crippen LogP contribution is 2.24. The molecule has 2 aromatic carbocycles. The second-order valence-electron chi connectivity index (χ2n) is 7.36. The van der Waals surface area contributed by atoms with Crippen molar-refractivity contribution in [1.82, 2.24) is 4.31 Å². The summed E-state index contributed by atoms with van der Waals surface area (Å²) in [5.74, 6) is 0.626. The Morgan fingerprint density at radius 3 is 2.55 bits per heavy atom. The van der Waals surface area contributed by atoms with E-state index >= 15 is 0 Å². The Morgan fingerprint density at radius 2 is 1.83 bits per heavy atom. The molecule has 5 nitrogen and oxygen atoms in total. The zero-order valence-corrected chi connectivity index (χ0v) is 18.6. The number of rotatable bonds is 7. The maximum atomic E-state index is 12.9. The van der Waals surface area contributed by atoms with Crippen LogP contribution >= 0.6 is 11.8 Å². The Morgan fingerprint density at radius 1 is 1.10 bits per heavy atom. The Labute approximate surface area is 177 Å². The molecule has 0 saturated carbocycles. The van der Waals surface area contributed by atoms with Crippen LogP contribution in [-0.4, -0.2) is 37.0 Å². The zero-order chi connectivity index (χ0) is 20.9. The number of hydrogen-bond acceptors (Lipinski definition) is 4. The van der Waals surface area contributed by atoms with Gasteiger partial charge in [-0.05, 0) is 56.0 Å². The highest BCUT2D eigenvalue weighted by Gasteiger charge is 2.26. The van der Waals surface area contributed by atoms with Gasteiger partial charge in [0, 0.05) is 24.5 Å². The number of sulfonamides is 1. The maximum absolute atomic E-state index is 12.9. The molecular weight excluding hydrogens is 404 g/mol. The number of carbonyl (C=O) groups excluding carboxylic acids is 1. The van der Waals surface area contributed by atoms with Gasteiger partial charge in [0.2, 0.25) is 15.9 Å². The van der Waals surface area contributed by atoms with Crippen molar-refractivity contribution in [2.24, 2.45) is 0 Å². The molecule has 1 fully saturated rings. The van der Waals surface area contributed by atoms with Crippen LogP contribution in [-0.2, 0) is 20.6 Å². The van der Waals surface area contributed by atoms with Crippen LogP contribution in [0.2, 0.25) is 0 Å². The topological polar surface area (TPSA) is 66.5 Å². The summed E-state index contributed by atoms with van der Waals surface area (Å²) >= 11 is 1.56. The van der Waals surface area contributed by atoms with E-state index in [2.05, 4.69) is 24.4 Å². The fraction of sp³-hybridized carbons (Fsp3) is 0.409. The van der Waals surface area contributed by atoms with Crippen LogP contribution in [0.1, 0.15) is 37.3 Å². The summed E-state index contributed by atoms with van der Waals surface area (Å²) in [5, 5.41) is 2.61. The van der Waals surface area contributed by atoms with Gasteiger partial charge in [-0.25, -0.2) is 8.42 Å². The minimum atomic E-state index is -3.51. The summed E-state index contributed by atoms with van der Waals surface area (Å²) in [5.41, 5.74) is 2.94. The molecule has 1 amide bonds. The fourth-order valence-electron chi connectivity index (χ4n) is 3.30. The van der Waals surface area contributed by atoms with E-state index in [-0.39, 0.29) is 16.1 Å². The Hall–Kier alpha value is -1.83. The first-order chi connectivity index (χ1) is 13.9. The van der Waals surface area contributed by atoms with E-state index in [1.54, 1.807) is 36.0 Å². The normalized spacial score (nSPS) is 16.3. The molecule has 1 heterocycles. The van der Waals surface area contributed by atoms with Gasteiger partial charge < -0.3 is 5.32 Å². The van der Waals surface area contributed by atoms with E-state index in [1.807, 2.05) is 19.1 Å². The molecule has 156 valence electrons. The first-order valence-electron chi connectivity index (χ1n) is 9.95. The average molecular weight is 433 g/mol. The van der Waals surface area contributed by atoms with Crippen molar-refractivity contribution in [1.29, 1.82) is 0 Å². The molecule has 0 aliphatic carbocycles. The first kappa shape index (κ1) is 21.9. The predicted molar refractivity (Wildman–Crippen MR) is 120 cm³/mol. The molecule has 3 rings (SSSR count). The van der Waals surface area contributed by atoms with Gasteiger partial charge in [0.1, 0.15) is 0 Å². The summed E-state index contributed by atoms with van der Waals surface area (Å²) in [7, 11) is -3.51. The first-order valence-corrected chi connectivity index (χ1v) is 12.4.